The molecule has 0 saturated carbocycles. The van der Waals surface area contributed by atoms with Crippen molar-refractivity contribution in [1.29, 1.82) is 0 Å². The van der Waals surface area contributed by atoms with Gasteiger partial charge in [0.1, 0.15) is 11.6 Å². The molecule has 1 saturated heterocycles. The zero-order valence-corrected chi connectivity index (χ0v) is 16.7. The quantitative estimate of drug-likeness (QED) is 0.664. The van der Waals surface area contributed by atoms with Gasteiger partial charge in [0.2, 0.25) is 5.79 Å². The van der Waals surface area contributed by atoms with Crippen molar-refractivity contribution in [3.8, 4) is 0 Å². The summed E-state index contributed by atoms with van der Waals surface area (Å²) in [6, 6.07) is 10.0. The average Bonchev–Trinajstić information content (AvgIpc) is 3.26. The molecule has 29 heavy (non-hydrogen) atoms. The van der Waals surface area contributed by atoms with Crippen LogP contribution in [0.2, 0.25) is 0 Å². The average molecular weight is 398 g/mol. The number of ether oxygens (including phenoxy) is 2. The molecule has 2 aromatic carbocycles. The molecule has 4 nitrogen and oxygen atoms in total. The molecule has 5 rings (SSSR count). The first-order valence-corrected chi connectivity index (χ1v) is 9.99. The minimum absolute atomic E-state index is 0.239. The van der Waals surface area contributed by atoms with Crippen LogP contribution in [0.3, 0.4) is 0 Å². The van der Waals surface area contributed by atoms with Crippen molar-refractivity contribution in [2.45, 2.75) is 32.2 Å². The van der Waals surface area contributed by atoms with E-state index in [4.69, 9.17) is 9.47 Å². The third kappa shape index (κ3) is 3.06. The van der Waals surface area contributed by atoms with Gasteiger partial charge < -0.3 is 18.9 Å². The topological polar surface area (TPSA) is 26.6 Å². The van der Waals surface area contributed by atoms with Crippen LogP contribution < -0.4 is 0 Å². The van der Waals surface area contributed by atoms with Gasteiger partial charge in [0.05, 0.1) is 19.8 Å². The summed E-state index contributed by atoms with van der Waals surface area (Å²) in [7, 11) is 2.11. The van der Waals surface area contributed by atoms with Gasteiger partial charge in [-0.15, -0.1) is 0 Å². The Balaban J connectivity index is 1.68. The summed E-state index contributed by atoms with van der Waals surface area (Å²) in [5, 5.41) is 1.24. The number of halogens is 2. The van der Waals surface area contributed by atoms with E-state index in [-0.39, 0.29) is 5.56 Å². The highest BCUT2D eigenvalue weighted by atomic mass is 19.1. The van der Waals surface area contributed by atoms with E-state index in [1.165, 1.54) is 34.3 Å². The van der Waals surface area contributed by atoms with Crippen molar-refractivity contribution in [2.75, 3.05) is 26.8 Å². The first-order chi connectivity index (χ1) is 14.0. The zero-order chi connectivity index (χ0) is 20.2. The fraction of sp³-hybridized carbons (Fsp3) is 0.391. The Hall–Kier alpha value is -2.28. The van der Waals surface area contributed by atoms with Gasteiger partial charge in [-0.05, 0) is 50.2 Å². The summed E-state index contributed by atoms with van der Waals surface area (Å²) in [6.07, 6.45) is 0.971. The van der Waals surface area contributed by atoms with Crippen molar-refractivity contribution >= 4 is 10.9 Å². The standard InChI is InChI=1S/C23H24F2N2O2/c1-15-3-6-21-18(11-15)17-7-8-26(2)13-22(17)27(21)14-23(28-9-10-29-23)19-5-4-16(24)12-20(19)25/h3-6,11-12H,7-10,13-14H2,1-2H3. The number of hydrogen-bond acceptors (Lipinski definition) is 3. The van der Waals surface area contributed by atoms with Gasteiger partial charge in [-0.2, -0.15) is 0 Å². The van der Waals surface area contributed by atoms with Crippen LogP contribution in [0.25, 0.3) is 10.9 Å². The van der Waals surface area contributed by atoms with Gasteiger partial charge in [-0.25, -0.2) is 8.78 Å². The Morgan fingerprint density at radius 1 is 1.07 bits per heavy atom. The van der Waals surface area contributed by atoms with Crippen LogP contribution >= 0.6 is 0 Å². The molecule has 0 aliphatic carbocycles. The summed E-state index contributed by atoms with van der Waals surface area (Å²) in [4.78, 5) is 2.28. The summed E-state index contributed by atoms with van der Waals surface area (Å²) in [5.74, 6) is -2.52. The fourth-order valence-electron chi connectivity index (χ4n) is 4.66. The maximum absolute atomic E-state index is 14.7. The van der Waals surface area contributed by atoms with Gasteiger partial charge in [0.15, 0.2) is 0 Å². The smallest absolute Gasteiger partial charge is 0.216 e. The molecule has 6 heteroatoms. The minimum atomic E-state index is -1.27. The molecule has 0 spiro atoms. The molecule has 1 aromatic heterocycles. The van der Waals surface area contributed by atoms with Crippen LogP contribution in [0.4, 0.5) is 8.78 Å². The number of fused-ring (bicyclic) bond motifs is 3. The molecule has 2 aliphatic heterocycles. The largest absolute Gasteiger partial charge is 0.342 e. The number of aromatic nitrogens is 1. The van der Waals surface area contributed by atoms with Crippen molar-refractivity contribution in [3.63, 3.8) is 0 Å². The van der Waals surface area contributed by atoms with E-state index >= 15 is 0 Å². The molecule has 0 amide bonds. The van der Waals surface area contributed by atoms with Crippen LogP contribution in [-0.4, -0.2) is 36.3 Å². The van der Waals surface area contributed by atoms with Crippen LogP contribution in [0.15, 0.2) is 36.4 Å². The Kier molecular flexibility index (Phi) is 4.46. The van der Waals surface area contributed by atoms with Gasteiger partial charge in [0, 0.05) is 41.3 Å². The van der Waals surface area contributed by atoms with Crippen molar-refractivity contribution in [3.05, 3.63) is 70.4 Å². The predicted octanol–water partition coefficient (Wildman–Crippen LogP) is 4.12. The van der Waals surface area contributed by atoms with Gasteiger partial charge in [0.25, 0.3) is 0 Å². The van der Waals surface area contributed by atoms with E-state index in [0.29, 0.717) is 19.8 Å². The van der Waals surface area contributed by atoms with Crippen LogP contribution in [0.5, 0.6) is 0 Å². The Morgan fingerprint density at radius 3 is 2.62 bits per heavy atom. The van der Waals surface area contributed by atoms with Crippen molar-refractivity contribution in [1.82, 2.24) is 9.47 Å². The lowest BCUT2D eigenvalue weighted by Gasteiger charge is -2.31. The molecule has 0 bridgehead atoms. The number of aryl methyl sites for hydroxylation is 1. The highest BCUT2D eigenvalue weighted by molar-refractivity contribution is 5.86. The molecular formula is C23H24F2N2O2. The lowest BCUT2D eigenvalue weighted by atomic mass is 10.0. The van der Waals surface area contributed by atoms with E-state index in [0.717, 1.165) is 31.1 Å². The summed E-state index contributed by atoms with van der Waals surface area (Å²) in [5.41, 5.74) is 5.10. The molecule has 3 aromatic rings. The number of rotatable bonds is 3. The van der Waals surface area contributed by atoms with Crippen LogP contribution in [0, 0.1) is 18.6 Å². The van der Waals surface area contributed by atoms with Gasteiger partial charge >= 0.3 is 0 Å². The minimum Gasteiger partial charge on any atom is -0.342 e. The first-order valence-electron chi connectivity index (χ1n) is 9.99. The second-order valence-electron chi connectivity index (χ2n) is 8.09. The van der Waals surface area contributed by atoms with Crippen molar-refractivity contribution in [2.24, 2.45) is 0 Å². The van der Waals surface area contributed by atoms with E-state index in [9.17, 15) is 8.78 Å². The molecule has 0 unspecified atom stereocenters. The Morgan fingerprint density at radius 2 is 1.86 bits per heavy atom. The third-order valence-electron chi connectivity index (χ3n) is 6.07. The fourth-order valence-corrected chi connectivity index (χ4v) is 4.66. The van der Waals surface area contributed by atoms with Crippen LogP contribution in [0.1, 0.15) is 22.4 Å². The second-order valence-corrected chi connectivity index (χ2v) is 8.09. The van der Waals surface area contributed by atoms with E-state index in [1.807, 2.05) is 0 Å². The van der Waals surface area contributed by atoms with E-state index < -0.39 is 17.4 Å². The van der Waals surface area contributed by atoms with E-state index in [1.54, 1.807) is 0 Å². The maximum Gasteiger partial charge on any atom is 0.216 e. The molecule has 3 heterocycles. The highest BCUT2D eigenvalue weighted by Gasteiger charge is 2.42. The monoisotopic (exact) mass is 398 g/mol. The van der Waals surface area contributed by atoms with Crippen LogP contribution in [-0.2, 0) is 34.8 Å². The molecule has 1 fully saturated rings. The molecule has 0 radical (unpaired) electrons. The lowest BCUT2D eigenvalue weighted by molar-refractivity contribution is -0.177. The molecular weight excluding hydrogens is 374 g/mol. The Bertz CT molecular complexity index is 1090. The molecule has 0 N–H and O–H groups in total. The number of likely N-dealkylation sites (N-methyl/N-ethyl adjacent to an activating group) is 1. The van der Waals surface area contributed by atoms with E-state index in [2.05, 4.69) is 41.6 Å². The van der Waals surface area contributed by atoms with Gasteiger partial charge in [-0.3, -0.25) is 0 Å². The Labute approximate surface area is 168 Å². The summed E-state index contributed by atoms with van der Waals surface area (Å²) < 4.78 is 42.4. The van der Waals surface area contributed by atoms with Crippen molar-refractivity contribution < 1.29 is 18.3 Å². The number of hydrogen-bond donors (Lipinski definition) is 0. The van der Waals surface area contributed by atoms with Gasteiger partial charge in [-0.1, -0.05) is 11.6 Å². The maximum atomic E-state index is 14.7. The highest BCUT2D eigenvalue weighted by Crippen LogP contribution is 2.39. The summed E-state index contributed by atoms with van der Waals surface area (Å²) >= 11 is 0. The molecule has 2 aliphatic rings. The lowest BCUT2D eigenvalue weighted by Crippen LogP contribution is -2.36. The number of benzene rings is 2. The second kappa shape index (κ2) is 6.90. The summed E-state index contributed by atoms with van der Waals surface area (Å²) in [6.45, 7) is 4.97. The molecule has 0 atom stereocenters. The zero-order valence-electron chi connectivity index (χ0n) is 16.7. The normalized spacial score (nSPS) is 19.0. The number of nitrogens with zero attached hydrogens (tertiary/aromatic N) is 2. The SMILES string of the molecule is Cc1ccc2c(c1)c1c(n2CC2(c3ccc(F)cc3F)OCCO2)CN(C)CC1. The predicted molar refractivity (Wildman–Crippen MR) is 107 cm³/mol. The third-order valence-corrected chi connectivity index (χ3v) is 6.07. The first kappa shape index (κ1) is 18.7. The molecule has 152 valence electrons.